The summed E-state index contributed by atoms with van der Waals surface area (Å²) >= 11 is 3.79. The second-order valence-electron chi connectivity index (χ2n) is 27.8. The minimum Gasteiger partial charge on any atom is -0.309 e. The van der Waals surface area contributed by atoms with Crippen LogP contribution < -0.4 is 0 Å². The minimum absolute atomic E-state index is 0.629. The lowest BCUT2D eigenvalue weighted by Gasteiger charge is -2.39. The third-order valence-corrected chi connectivity index (χ3v) is 24.8. The first-order valence-corrected chi connectivity index (χ1v) is 37.1. The molecule has 0 fully saturated rings. The highest BCUT2D eigenvalue weighted by Gasteiger charge is 2.51. The van der Waals surface area contributed by atoms with E-state index in [4.69, 9.17) is 0 Å². The van der Waals surface area contributed by atoms with E-state index in [9.17, 15) is 0 Å². The number of rotatable bonds is 7. The predicted octanol–water partition coefficient (Wildman–Crippen LogP) is 26.3. The molecule has 6 heterocycles. The zero-order valence-electron chi connectivity index (χ0n) is 55.6. The Morgan fingerprint density at radius 1 is 0.194 bits per heavy atom. The van der Waals surface area contributed by atoms with E-state index in [0.29, 0.717) is 0 Å². The Labute approximate surface area is 601 Å². The summed E-state index contributed by atoms with van der Waals surface area (Å²) in [6.07, 6.45) is 0. The van der Waals surface area contributed by atoms with Gasteiger partial charge in [-0.15, -0.1) is 11.3 Å². The maximum Gasteiger partial charge on any atom is 0.0736 e. The van der Waals surface area contributed by atoms with Crippen molar-refractivity contribution >= 4 is 130 Å². The lowest BCUT2D eigenvalue weighted by Crippen LogP contribution is -2.32. The summed E-state index contributed by atoms with van der Waals surface area (Å²) in [5.74, 6) is 0. The standard InChI is InChI=1S/C97H58N4S2/c1-4-22-59(23-5-1)61-42-45-66(46-43-61)99-88-50-64(44-47-72(88)78-54-80-79-53-77-71-34-12-17-39-87(71)101(92(77)58-96(79)103-95(80)57-91(78)99)67-30-20-26-62(48-67)60-24-6-2-7-25-60)63-27-21-31-68(49-63)100-86-38-16-11-33-70(86)76-52-74-73-51-75-69-32-10-15-37-85(69)98(65-28-8-3-9-29-65)89(75)55-83(73)97(84(74)56-90(76)100)81-35-13-18-40-93(81)102-94-41-19-14-36-82(94)97/h1-58H. The maximum atomic E-state index is 2.59. The molecule has 0 radical (unpaired) electrons. The first kappa shape index (κ1) is 57.1. The van der Waals surface area contributed by atoms with Gasteiger partial charge in [0.15, 0.2) is 0 Å². The summed E-state index contributed by atoms with van der Waals surface area (Å²) in [7, 11) is 0. The van der Waals surface area contributed by atoms with Gasteiger partial charge in [-0.3, -0.25) is 0 Å². The highest BCUT2D eigenvalue weighted by atomic mass is 32.2. The number of para-hydroxylation sites is 4. The van der Waals surface area contributed by atoms with Crippen LogP contribution in [0.5, 0.6) is 0 Å². The number of hydrogen-bond donors (Lipinski definition) is 0. The van der Waals surface area contributed by atoms with E-state index < -0.39 is 5.41 Å². The van der Waals surface area contributed by atoms with Crippen LogP contribution >= 0.6 is 23.1 Å². The molecular formula is C97H58N4S2. The van der Waals surface area contributed by atoms with Crippen molar-refractivity contribution < 1.29 is 0 Å². The molecule has 1 spiro atoms. The monoisotopic (exact) mass is 1340 g/mol. The van der Waals surface area contributed by atoms with Gasteiger partial charge in [-0.25, -0.2) is 0 Å². The van der Waals surface area contributed by atoms with Crippen molar-refractivity contribution in [3.63, 3.8) is 0 Å². The molecule has 16 aromatic carbocycles. The van der Waals surface area contributed by atoms with E-state index >= 15 is 0 Å². The van der Waals surface area contributed by atoms with Gasteiger partial charge in [-0.1, -0.05) is 230 Å². The fourth-order valence-electron chi connectivity index (χ4n) is 18.1. The van der Waals surface area contributed by atoms with Crippen molar-refractivity contribution in [1.29, 1.82) is 0 Å². The molecule has 0 unspecified atom stereocenters. The largest absolute Gasteiger partial charge is 0.309 e. The van der Waals surface area contributed by atoms with Gasteiger partial charge in [0.05, 0.1) is 49.5 Å². The summed E-state index contributed by atoms with van der Waals surface area (Å²) in [6, 6.07) is 132. The third kappa shape index (κ3) is 8.13. The molecule has 4 nitrogen and oxygen atoms in total. The van der Waals surface area contributed by atoms with E-state index in [-0.39, 0.29) is 0 Å². The van der Waals surface area contributed by atoms with Crippen LogP contribution in [0.2, 0.25) is 0 Å². The van der Waals surface area contributed by atoms with E-state index in [1.807, 2.05) is 23.1 Å². The molecule has 5 aromatic heterocycles. The number of benzene rings is 16. The van der Waals surface area contributed by atoms with Gasteiger partial charge in [0.1, 0.15) is 0 Å². The molecule has 21 aromatic rings. The van der Waals surface area contributed by atoms with Crippen molar-refractivity contribution in [1.82, 2.24) is 18.3 Å². The Bertz CT molecular complexity index is 7140. The van der Waals surface area contributed by atoms with E-state index in [1.54, 1.807) is 0 Å². The van der Waals surface area contributed by atoms with Gasteiger partial charge in [-0.2, -0.15) is 0 Å². The van der Waals surface area contributed by atoms with Gasteiger partial charge in [-0.05, 0) is 200 Å². The lowest BCUT2D eigenvalue weighted by molar-refractivity contribution is 0.723. The number of hydrogen-bond acceptors (Lipinski definition) is 2. The second kappa shape index (κ2) is 21.7. The maximum absolute atomic E-state index is 2.59. The SMILES string of the molecule is c1ccc(-c2ccc(-n3c4cc(-c5cccc(-n6c7ccccc7c7cc8c(cc76)C6(c7ccccc7Sc7ccccc76)c6cc7c(cc6-8)c6ccccc6n7-c6ccccc6)c5)ccc4c4cc5c(cc43)sc3cc4c(cc35)c3ccccc3n4-c3cccc(-c4ccccc4)c3)cc2)cc1. The zero-order chi connectivity index (χ0) is 67.2. The Kier molecular flexibility index (Phi) is 12.0. The van der Waals surface area contributed by atoms with Crippen molar-refractivity contribution in [2.24, 2.45) is 0 Å². The Morgan fingerprint density at radius 2 is 0.544 bits per heavy atom. The van der Waals surface area contributed by atoms with Gasteiger partial charge in [0, 0.05) is 95.8 Å². The third-order valence-electron chi connectivity index (χ3n) is 22.6. The summed E-state index contributed by atoms with van der Waals surface area (Å²) in [5, 5.41) is 12.5. The molecule has 0 N–H and O–H groups in total. The Hall–Kier alpha value is -12.7. The molecule has 0 saturated heterocycles. The zero-order valence-corrected chi connectivity index (χ0v) is 57.2. The molecule has 0 bridgehead atoms. The van der Waals surface area contributed by atoms with Crippen molar-refractivity contribution in [3.05, 3.63) is 374 Å². The van der Waals surface area contributed by atoms with Crippen LogP contribution in [0, 0.1) is 0 Å². The Morgan fingerprint density at radius 3 is 1.08 bits per heavy atom. The number of aromatic nitrogens is 4. The number of nitrogens with zero attached hydrogens (tertiary/aromatic N) is 4. The van der Waals surface area contributed by atoms with E-state index in [0.717, 1.165) is 33.9 Å². The highest BCUT2D eigenvalue weighted by Crippen LogP contribution is 2.64. The minimum atomic E-state index is -0.629. The molecule has 0 atom stereocenters. The average Bonchev–Trinajstić information content (AvgIpc) is 1.51. The summed E-state index contributed by atoms with van der Waals surface area (Å²) in [5.41, 5.74) is 28.4. The summed E-state index contributed by atoms with van der Waals surface area (Å²) in [4.78, 5) is 2.57. The van der Waals surface area contributed by atoms with Crippen molar-refractivity contribution in [2.45, 2.75) is 15.2 Å². The second-order valence-corrected chi connectivity index (χ2v) is 30.0. The van der Waals surface area contributed by atoms with Gasteiger partial charge < -0.3 is 18.3 Å². The van der Waals surface area contributed by atoms with E-state index in [1.165, 1.54) is 173 Å². The van der Waals surface area contributed by atoms with Gasteiger partial charge in [0.2, 0.25) is 0 Å². The van der Waals surface area contributed by atoms with Crippen LogP contribution in [-0.4, -0.2) is 18.3 Å². The average molecular weight is 1340 g/mol. The smallest absolute Gasteiger partial charge is 0.0736 e. The molecule has 478 valence electrons. The molecular weight excluding hydrogens is 1290 g/mol. The predicted molar refractivity (Wildman–Crippen MR) is 434 cm³/mol. The van der Waals surface area contributed by atoms with Crippen LogP contribution in [0.15, 0.2) is 362 Å². The van der Waals surface area contributed by atoms with Crippen molar-refractivity contribution in [3.8, 4) is 67.3 Å². The summed E-state index contributed by atoms with van der Waals surface area (Å²) < 4.78 is 12.5. The van der Waals surface area contributed by atoms with Gasteiger partial charge in [0.25, 0.3) is 0 Å². The van der Waals surface area contributed by atoms with Crippen LogP contribution in [-0.2, 0) is 5.41 Å². The molecule has 103 heavy (non-hydrogen) atoms. The fraction of sp³-hybridized carbons (Fsp3) is 0.0103. The molecule has 2 aliphatic rings. The quantitative estimate of drug-likeness (QED) is 0.156. The molecule has 23 rings (SSSR count). The van der Waals surface area contributed by atoms with Crippen molar-refractivity contribution in [2.75, 3.05) is 0 Å². The first-order chi connectivity index (χ1) is 51.1. The molecule has 0 amide bonds. The first-order valence-electron chi connectivity index (χ1n) is 35.4. The van der Waals surface area contributed by atoms with Crippen LogP contribution in [0.4, 0.5) is 0 Å². The summed E-state index contributed by atoms with van der Waals surface area (Å²) in [6.45, 7) is 0. The Balaban J connectivity index is 0.716. The number of thiophene rings is 1. The molecule has 1 aliphatic carbocycles. The number of fused-ring (bicyclic) bond motifs is 24. The van der Waals surface area contributed by atoms with Crippen LogP contribution in [0.1, 0.15) is 22.3 Å². The highest BCUT2D eigenvalue weighted by molar-refractivity contribution is 7.99. The fourth-order valence-corrected chi connectivity index (χ4v) is 20.5. The van der Waals surface area contributed by atoms with Crippen LogP contribution in [0.25, 0.3) is 175 Å². The molecule has 1 aliphatic heterocycles. The normalized spacial score (nSPS) is 13.1. The molecule has 0 saturated carbocycles. The molecule has 6 heteroatoms. The van der Waals surface area contributed by atoms with Gasteiger partial charge >= 0.3 is 0 Å². The topological polar surface area (TPSA) is 19.7 Å². The van der Waals surface area contributed by atoms with Crippen LogP contribution in [0.3, 0.4) is 0 Å². The lowest BCUT2D eigenvalue weighted by atomic mass is 9.67. The van der Waals surface area contributed by atoms with E-state index in [2.05, 4.69) is 370 Å².